The highest BCUT2D eigenvalue weighted by Gasteiger charge is 2.40. The molecule has 0 N–H and O–H groups in total. The third kappa shape index (κ3) is 6.20. The molecular formula is C32H33NO5S2. The van der Waals surface area contributed by atoms with Crippen molar-refractivity contribution in [1.82, 2.24) is 4.31 Å². The lowest BCUT2D eigenvalue weighted by Gasteiger charge is -2.29. The topological polar surface area (TPSA) is 65.1 Å². The highest BCUT2D eigenvalue weighted by molar-refractivity contribution is 7.98. The van der Waals surface area contributed by atoms with Gasteiger partial charge >= 0.3 is 0 Å². The van der Waals surface area contributed by atoms with Gasteiger partial charge in [0.25, 0.3) is 10.0 Å². The van der Waals surface area contributed by atoms with E-state index in [1.807, 2.05) is 99.0 Å². The van der Waals surface area contributed by atoms with Gasteiger partial charge in [-0.25, -0.2) is 8.42 Å². The van der Waals surface area contributed by atoms with Crippen molar-refractivity contribution in [1.29, 1.82) is 0 Å². The van der Waals surface area contributed by atoms with E-state index in [1.54, 1.807) is 30.0 Å². The average molecular weight is 576 g/mol. The molecule has 1 aliphatic rings. The average Bonchev–Trinajstić information content (AvgIpc) is 3.07. The summed E-state index contributed by atoms with van der Waals surface area (Å²) >= 11 is 1.65. The lowest BCUT2D eigenvalue weighted by atomic mass is 10.1. The minimum Gasteiger partial charge on any atom is -0.485 e. The Hall–Kier alpha value is -3.30. The van der Waals surface area contributed by atoms with Crippen LogP contribution in [0.1, 0.15) is 29.7 Å². The summed E-state index contributed by atoms with van der Waals surface area (Å²) in [6.07, 6.45) is 1.50. The van der Waals surface area contributed by atoms with Crippen molar-refractivity contribution >= 4 is 21.8 Å². The number of benzene rings is 4. The van der Waals surface area contributed by atoms with Crippen molar-refractivity contribution in [2.24, 2.45) is 0 Å². The standard InChI is InChI=1S/C32H33NO5S2/c1-23-19-27(17-18-31(23)39-3)37-29-15-10-16-30-32(29)40(34,35)33(24(2)26-13-8-5-9-14-26)20-28(38-30)22-36-21-25-11-6-4-7-12-25/h4-19,24,28H,20-22H2,1-3H3/t24-,28+/m1/s1. The number of hydrogen-bond acceptors (Lipinski definition) is 6. The molecule has 1 heterocycles. The Morgan fingerprint density at radius 2 is 1.70 bits per heavy atom. The van der Waals surface area contributed by atoms with Gasteiger partial charge in [0.15, 0.2) is 10.6 Å². The van der Waals surface area contributed by atoms with Gasteiger partial charge in [-0.15, -0.1) is 11.8 Å². The molecule has 0 unspecified atom stereocenters. The van der Waals surface area contributed by atoms with E-state index in [9.17, 15) is 8.42 Å². The maximum Gasteiger partial charge on any atom is 0.251 e. The molecule has 1 aliphatic heterocycles. The highest BCUT2D eigenvalue weighted by atomic mass is 32.2. The van der Waals surface area contributed by atoms with Crippen LogP contribution in [-0.4, -0.2) is 38.2 Å². The zero-order valence-corrected chi connectivity index (χ0v) is 24.5. The van der Waals surface area contributed by atoms with Crippen LogP contribution in [-0.2, 0) is 21.4 Å². The minimum atomic E-state index is -4.03. The number of ether oxygens (including phenoxy) is 3. The van der Waals surface area contributed by atoms with Gasteiger partial charge in [-0.05, 0) is 67.1 Å². The Morgan fingerprint density at radius 3 is 2.40 bits per heavy atom. The van der Waals surface area contributed by atoms with Crippen LogP contribution >= 0.6 is 11.8 Å². The minimum absolute atomic E-state index is 0.0231. The van der Waals surface area contributed by atoms with Gasteiger partial charge in [0, 0.05) is 10.9 Å². The van der Waals surface area contributed by atoms with E-state index in [1.165, 1.54) is 4.31 Å². The summed E-state index contributed by atoms with van der Waals surface area (Å²) in [6, 6.07) is 29.9. The predicted octanol–water partition coefficient (Wildman–Crippen LogP) is 7.24. The third-order valence-electron chi connectivity index (χ3n) is 6.91. The highest BCUT2D eigenvalue weighted by Crippen LogP contribution is 2.43. The first-order chi connectivity index (χ1) is 19.4. The van der Waals surface area contributed by atoms with E-state index in [-0.39, 0.29) is 29.5 Å². The molecule has 0 saturated heterocycles. The number of hydrogen-bond donors (Lipinski definition) is 0. The fraction of sp³-hybridized carbons (Fsp3) is 0.250. The molecular weight excluding hydrogens is 542 g/mol. The van der Waals surface area contributed by atoms with Crippen LogP contribution in [0.4, 0.5) is 0 Å². The fourth-order valence-electron chi connectivity index (χ4n) is 4.83. The first kappa shape index (κ1) is 28.2. The second kappa shape index (κ2) is 12.5. The van der Waals surface area contributed by atoms with Crippen LogP contribution < -0.4 is 9.47 Å². The van der Waals surface area contributed by atoms with E-state index in [4.69, 9.17) is 14.2 Å². The summed E-state index contributed by atoms with van der Waals surface area (Å²) in [4.78, 5) is 1.16. The molecule has 5 rings (SSSR count). The lowest BCUT2D eigenvalue weighted by molar-refractivity contribution is 0.0313. The Morgan fingerprint density at radius 1 is 0.975 bits per heavy atom. The Bertz CT molecular complexity index is 1540. The van der Waals surface area contributed by atoms with Crippen molar-refractivity contribution in [3.05, 3.63) is 114 Å². The molecule has 0 aromatic heterocycles. The summed E-state index contributed by atoms with van der Waals surface area (Å²) in [5, 5.41) is 0. The van der Waals surface area contributed by atoms with Gasteiger partial charge in [0.1, 0.15) is 17.6 Å². The van der Waals surface area contributed by atoms with Crippen LogP contribution in [0.3, 0.4) is 0 Å². The second-order valence-corrected chi connectivity index (χ2v) is 12.4. The second-order valence-electron chi connectivity index (χ2n) is 9.72. The summed E-state index contributed by atoms with van der Waals surface area (Å²) in [5.41, 5.74) is 2.98. The first-order valence-electron chi connectivity index (χ1n) is 13.2. The molecule has 0 saturated carbocycles. The van der Waals surface area contributed by atoms with Gasteiger partial charge in [0.05, 0.1) is 19.8 Å². The normalized spacial score (nSPS) is 17.3. The Balaban J connectivity index is 1.51. The van der Waals surface area contributed by atoms with E-state index in [0.717, 1.165) is 21.6 Å². The van der Waals surface area contributed by atoms with E-state index in [2.05, 4.69) is 0 Å². The maximum atomic E-state index is 14.4. The smallest absolute Gasteiger partial charge is 0.251 e. The van der Waals surface area contributed by atoms with Crippen LogP contribution in [0.5, 0.6) is 17.2 Å². The molecule has 8 heteroatoms. The molecule has 0 radical (unpaired) electrons. The molecule has 0 amide bonds. The van der Waals surface area contributed by atoms with Gasteiger partial charge in [-0.2, -0.15) is 4.31 Å². The van der Waals surface area contributed by atoms with Crippen molar-refractivity contribution in [3.63, 3.8) is 0 Å². The first-order valence-corrected chi connectivity index (χ1v) is 15.8. The molecule has 208 valence electrons. The summed E-state index contributed by atoms with van der Waals surface area (Å²) in [6.45, 7) is 4.66. The van der Waals surface area contributed by atoms with Crippen molar-refractivity contribution in [2.45, 2.75) is 42.4 Å². The summed E-state index contributed by atoms with van der Waals surface area (Å²) in [5.74, 6) is 1.05. The number of aryl methyl sites for hydroxylation is 1. The molecule has 4 aromatic carbocycles. The zero-order chi connectivity index (χ0) is 28.1. The number of thioether (sulfide) groups is 1. The van der Waals surface area contributed by atoms with Crippen molar-refractivity contribution < 1.29 is 22.6 Å². The van der Waals surface area contributed by atoms with E-state index >= 15 is 0 Å². The Kier molecular flexibility index (Phi) is 8.81. The molecule has 6 nitrogen and oxygen atoms in total. The van der Waals surface area contributed by atoms with Crippen LogP contribution in [0.2, 0.25) is 0 Å². The summed E-state index contributed by atoms with van der Waals surface area (Å²) in [7, 11) is -4.03. The van der Waals surface area contributed by atoms with Crippen molar-refractivity contribution in [2.75, 3.05) is 19.4 Å². The van der Waals surface area contributed by atoms with Crippen LogP contribution in [0.25, 0.3) is 0 Å². The number of nitrogens with zero attached hydrogens (tertiary/aromatic N) is 1. The molecule has 0 bridgehead atoms. The quantitative estimate of drug-likeness (QED) is 0.196. The largest absolute Gasteiger partial charge is 0.485 e. The lowest BCUT2D eigenvalue weighted by Crippen LogP contribution is -2.40. The number of sulfonamides is 1. The molecule has 0 fully saturated rings. The Labute approximate surface area is 241 Å². The maximum absolute atomic E-state index is 14.4. The summed E-state index contributed by atoms with van der Waals surface area (Å²) < 4.78 is 48.9. The molecule has 0 aliphatic carbocycles. The SMILES string of the molecule is CSc1ccc(Oc2cccc3c2S(=O)(=O)N([C@H](C)c2ccccc2)C[C@@H](COCc2ccccc2)O3)cc1C. The van der Waals surface area contributed by atoms with Crippen molar-refractivity contribution in [3.8, 4) is 17.2 Å². The molecule has 40 heavy (non-hydrogen) atoms. The zero-order valence-electron chi connectivity index (χ0n) is 22.8. The van der Waals surface area contributed by atoms with Crippen LogP contribution in [0.15, 0.2) is 107 Å². The molecule has 0 spiro atoms. The predicted molar refractivity (Wildman–Crippen MR) is 159 cm³/mol. The molecule has 4 aromatic rings. The van der Waals surface area contributed by atoms with Gasteiger partial charge in [-0.3, -0.25) is 0 Å². The van der Waals surface area contributed by atoms with E-state index < -0.39 is 22.2 Å². The third-order valence-corrected chi connectivity index (χ3v) is 9.81. The van der Waals surface area contributed by atoms with E-state index in [0.29, 0.717) is 12.4 Å². The van der Waals surface area contributed by atoms with Gasteiger partial charge in [-0.1, -0.05) is 66.7 Å². The fourth-order valence-corrected chi connectivity index (χ4v) is 7.29. The monoisotopic (exact) mass is 575 g/mol. The van der Waals surface area contributed by atoms with Gasteiger partial charge < -0.3 is 14.2 Å². The number of rotatable bonds is 9. The van der Waals surface area contributed by atoms with Crippen LogP contribution in [0, 0.1) is 6.92 Å². The number of fused-ring (bicyclic) bond motifs is 1. The molecule has 2 atom stereocenters. The van der Waals surface area contributed by atoms with Gasteiger partial charge in [0.2, 0.25) is 0 Å².